The van der Waals surface area contributed by atoms with Crippen molar-refractivity contribution in [2.45, 2.75) is 33.7 Å². The number of nitrogens with zero attached hydrogens (tertiary/aromatic N) is 2. The van der Waals surface area contributed by atoms with Gasteiger partial charge in [-0.3, -0.25) is 14.5 Å². The molecule has 0 aliphatic carbocycles. The second kappa shape index (κ2) is 8.65. The van der Waals surface area contributed by atoms with Gasteiger partial charge in [0.15, 0.2) is 11.5 Å². The number of rotatable bonds is 6. The van der Waals surface area contributed by atoms with Gasteiger partial charge in [-0.05, 0) is 45.4 Å². The summed E-state index contributed by atoms with van der Waals surface area (Å²) in [5.41, 5.74) is 2.11. The number of aromatic nitrogens is 1. The number of aromatic amines is 1. The Hall–Kier alpha value is -2.87. The molecule has 0 saturated carbocycles. The van der Waals surface area contributed by atoms with E-state index < -0.39 is 5.97 Å². The Morgan fingerprint density at radius 3 is 2.48 bits per heavy atom. The van der Waals surface area contributed by atoms with E-state index in [4.69, 9.17) is 9.15 Å². The topological polar surface area (TPSA) is 95.9 Å². The Morgan fingerprint density at radius 2 is 1.90 bits per heavy atom. The van der Waals surface area contributed by atoms with Gasteiger partial charge in [0.1, 0.15) is 0 Å². The average molecular weight is 401 g/mol. The minimum absolute atomic E-state index is 0.0769. The summed E-state index contributed by atoms with van der Waals surface area (Å²) in [6.45, 7) is 9.62. The molecule has 1 N–H and O–H groups in total. The molecule has 2 aromatic rings. The molecule has 0 aromatic carbocycles. The molecule has 3 rings (SSSR count). The van der Waals surface area contributed by atoms with E-state index in [0.717, 1.165) is 0 Å². The van der Waals surface area contributed by atoms with E-state index in [2.05, 4.69) is 4.98 Å². The lowest BCUT2D eigenvalue weighted by Crippen LogP contribution is -2.53. The first-order valence-corrected chi connectivity index (χ1v) is 9.82. The second-order valence-electron chi connectivity index (χ2n) is 7.19. The van der Waals surface area contributed by atoms with E-state index in [0.29, 0.717) is 54.5 Å². The number of esters is 1. The van der Waals surface area contributed by atoms with Crippen LogP contribution in [0.2, 0.25) is 0 Å². The molecule has 1 saturated heterocycles. The molecule has 156 valence electrons. The number of hydrogen-bond donors (Lipinski definition) is 1. The van der Waals surface area contributed by atoms with Gasteiger partial charge in [-0.15, -0.1) is 0 Å². The summed E-state index contributed by atoms with van der Waals surface area (Å²) in [4.78, 5) is 44.5. The molecule has 1 fully saturated rings. The van der Waals surface area contributed by atoms with Gasteiger partial charge < -0.3 is 19.0 Å². The number of nitrogens with one attached hydrogen (secondary N) is 1. The number of furan rings is 1. The van der Waals surface area contributed by atoms with E-state index in [1.807, 2.05) is 11.8 Å². The number of ketones is 1. The highest BCUT2D eigenvalue weighted by molar-refractivity contribution is 6.03. The Labute approximate surface area is 169 Å². The minimum Gasteiger partial charge on any atom is -0.462 e. The molecule has 3 heterocycles. The largest absolute Gasteiger partial charge is 0.462 e. The molecule has 0 bridgehead atoms. The lowest BCUT2D eigenvalue weighted by atomic mass is 10.0. The molecule has 0 unspecified atom stereocenters. The molecule has 1 aliphatic heterocycles. The lowest BCUT2D eigenvalue weighted by molar-refractivity contribution is 0.0519. The number of ether oxygens (including phenoxy) is 1. The summed E-state index contributed by atoms with van der Waals surface area (Å²) in [5, 5.41) is 0. The fourth-order valence-electron chi connectivity index (χ4n) is 3.75. The highest BCUT2D eigenvalue weighted by atomic mass is 16.5. The van der Waals surface area contributed by atoms with Gasteiger partial charge in [0.2, 0.25) is 0 Å². The third-order valence-corrected chi connectivity index (χ3v) is 5.42. The van der Waals surface area contributed by atoms with E-state index in [9.17, 15) is 14.4 Å². The summed E-state index contributed by atoms with van der Waals surface area (Å²) >= 11 is 0. The molecule has 29 heavy (non-hydrogen) atoms. The monoisotopic (exact) mass is 401 g/mol. The first-order chi connectivity index (χ1) is 13.8. The smallest absolute Gasteiger partial charge is 0.340 e. The van der Waals surface area contributed by atoms with Crippen LogP contribution < -0.4 is 0 Å². The van der Waals surface area contributed by atoms with Gasteiger partial charge in [-0.25, -0.2) is 4.79 Å². The predicted molar refractivity (Wildman–Crippen MR) is 106 cm³/mol. The molecule has 0 radical (unpaired) electrons. The minimum atomic E-state index is -0.421. The Balaban J connectivity index is 1.66. The Morgan fingerprint density at radius 1 is 1.21 bits per heavy atom. The van der Waals surface area contributed by atoms with Crippen LogP contribution >= 0.6 is 0 Å². The zero-order chi connectivity index (χ0) is 21.1. The summed E-state index contributed by atoms with van der Waals surface area (Å²) in [6, 6.07) is 2.97. The number of Topliss-reactive ketones (excluding diaryl/α,β-unsaturated/α-hetero) is 1. The molecular formula is C21H27N3O5. The number of aryl methyl sites for hydroxylation is 1. The third kappa shape index (κ3) is 4.12. The number of amides is 1. The van der Waals surface area contributed by atoms with E-state index >= 15 is 0 Å². The number of carbonyl (C=O) groups excluding carboxylic acids is 3. The molecule has 1 aliphatic rings. The van der Waals surface area contributed by atoms with E-state index in [-0.39, 0.29) is 24.3 Å². The van der Waals surface area contributed by atoms with Crippen molar-refractivity contribution in [3.05, 3.63) is 46.7 Å². The van der Waals surface area contributed by atoms with Crippen LogP contribution in [-0.2, 0) is 4.74 Å². The van der Waals surface area contributed by atoms with Crippen LogP contribution in [0.15, 0.2) is 22.8 Å². The van der Waals surface area contributed by atoms with Crippen molar-refractivity contribution in [3.63, 3.8) is 0 Å². The number of piperazine rings is 1. The highest BCUT2D eigenvalue weighted by Gasteiger charge is 2.31. The molecule has 2 aromatic heterocycles. The van der Waals surface area contributed by atoms with Crippen LogP contribution in [0.1, 0.15) is 56.5 Å². The van der Waals surface area contributed by atoms with E-state index in [1.54, 1.807) is 37.8 Å². The van der Waals surface area contributed by atoms with Crippen molar-refractivity contribution in [2.75, 3.05) is 32.8 Å². The summed E-state index contributed by atoms with van der Waals surface area (Å²) in [7, 11) is 0. The van der Waals surface area contributed by atoms with Gasteiger partial charge in [-0.1, -0.05) is 0 Å². The maximum atomic E-state index is 13.1. The van der Waals surface area contributed by atoms with Crippen molar-refractivity contribution in [1.29, 1.82) is 0 Å². The van der Waals surface area contributed by atoms with Crippen molar-refractivity contribution >= 4 is 17.7 Å². The van der Waals surface area contributed by atoms with Crippen LogP contribution in [0.3, 0.4) is 0 Å². The summed E-state index contributed by atoms with van der Waals surface area (Å²) in [5.74, 6) is -0.308. The SMILES string of the molecule is CCOC(=O)c1c(C)[nH]c(C(=O)[C@H](C)N2CCN(C(=O)c3ccco3)CC2)c1C. The molecule has 0 spiro atoms. The average Bonchev–Trinajstić information content (AvgIpc) is 3.35. The Bertz CT molecular complexity index is 892. The van der Waals surface area contributed by atoms with E-state index in [1.165, 1.54) is 6.26 Å². The maximum Gasteiger partial charge on any atom is 0.340 e. The van der Waals surface area contributed by atoms with Gasteiger partial charge in [0.25, 0.3) is 5.91 Å². The maximum absolute atomic E-state index is 13.1. The standard InChI is InChI=1S/C21H27N3O5/c1-5-28-21(27)17-13(2)18(22-14(17)3)19(25)15(4)23-8-10-24(11-9-23)20(26)16-7-6-12-29-16/h6-7,12,15,22H,5,8-11H2,1-4H3/t15-/m0/s1. The number of carbonyl (C=O) groups is 3. The second-order valence-corrected chi connectivity index (χ2v) is 7.19. The van der Waals surface area contributed by atoms with Crippen molar-refractivity contribution in [1.82, 2.24) is 14.8 Å². The van der Waals surface area contributed by atoms with Crippen molar-refractivity contribution in [3.8, 4) is 0 Å². The van der Waals surface area contributed by atoms with Crippen LogP contribution in [0, 0.1) is 13.8 Å². The molecule has 8 heteroatoms. The fourth-order valence-corrected chi connectivity index (χ4v) is 3.75. The fraction of sp³-hybridized carbons (Fsp3) is 0.476. The molecular weight excluding hydrogens is 374 g/mol. The first kappa shape index (κ1) is 20.9. The summed E-state index contributed by atoms with van der Waals surface area (Å²) in [6.07, 6.45) is 1.48. The predicted octanol–water partition coefficient (Wildman–Crippen LogP) is 2.43. The molecule has 1 atom stereocenters. The highest BCUT2D eigenvalue weighted by Crippen LogP contribution is 2.22. The van der Waals surface area contributed by atoms with Gasteiger partial charge in [-0.2, -0.15) is 0 Å². The third-order valence-electron chi connectivity index (χ3n) is 5.42. The van der Waals surface area contributed by atoms with Crippen molar-refractivity contribution in [2.24, 2.45) is 0 Å². The van der Waals surface area contributed by atoms with Crippen LogP contribution in [-0.4, -0.2) is 71.3 Å². The molecule has 8 nitrogen and oxygen atoms in total. The quantitative estimate of drug-likeness (QED) is 0.590. The van der Waals surface area contributed by atoms with Crippen LogP contribution in [0.25, 0.3) is 0 Å². The normalized spacial score (nSPS) is 15.9. The Kier molecular flexibility index (Phi) is 6.22. The van der Waals surface area contributed by atoms with Gasteiger partial charge >= 0.3 is 5.97 Å². The molecule has 1 amide bonds. The van der Waals surface area contributed by atoms with Gasteiger partial charge in [0, 0.05) is 31.9 Å². The van der Waals surface area contributed by atoms with Crippen LogP contribution in [0.4, 0.5) is 0 Å². The van der Waals surface area contributed by atoms with Gasteiger partial charge in [0.05, 0.1) is 30.2 Å². The van der Waals surface area contributed by atoms with Crippen LogP contribution in [0.5, 0.6) is 0 Å². The summed E-state index contributed by atoms with van der Waals surface area (Å²) < 4.78 is 10.3. The zero-order valence-corrected chi connectivity index (χ0v) is 17.3. The number of hydrogen-bond acceptors (Lipinski definition) is 6. The lowest BCUT2D eigenvalue weighted by Gasteiger charge is -2.37. The van der Waals surface area contributed by atoms with Crippen molar-refractivity contribution < 1.29 is 23.5 Å². The number of H-pyrrole nitrogens is 1. The zero-order valence-electron chi connectivity index (χ0n) is 17.3. The first-order valence-electron chi connectivity index (χ1n) is 9.82.